The molecule has 1 aliphatic carbocycles. The van der Waals surface area contributed by atoms with Crippen molar-refractivity contribution in [2.24, 2.45) is 0 Å². The van der Waals surface area contributed by atoms with Crippen LogP contribution in [0.4, 0.5) is 0 Å². The highest BCUT2D eigenvalue weighted by Gasteiger charge is 2.35. The van der Waals surface area contributed by atoms with Gasteiger partial charge in [0.15, 0.2) is 0 Å². The third-order valence-corrected chi connectivity index (χ3v) is 11.2. The van der Waals surface area contributed by atoms with E-state index in [0.717, 1.165) is 0 Å². The van der Waals surface area contributed by atoms with Gasteiger partial charge in [0.1, 0.15) is 0 Å². The van der Waals surface area contributed by atoms with Crippen molar-refractivity contribution in [3.05, 3.63) is 193 Å². The molecule has 10 rings (SSSR count). The van der Waals surface area contributed by atoms with Crippen LogP contribution in [-0.4, -0.2) is 0 Å². The van der Waals surface area contributed by atoms with Gasteiger partial charge in [-0.05, 0) is 123 Å². The average molecular weight is 649 g/mol. The Labute approximate surface area is 299 Å². The van der Waals surface area contributed by atoms with Crippen LogP contribution in [0.25, 0.3) is 88.0 Å². The highest BCUT2D eigenvalue weighted by atomic mass is 14.4. The van der Waals surface area contributed by atoms with Crippen LogP contribution in [-0.2, 0) is 5.41 Å². The first-order valence-electron chi connectivity index (χ1n) is 17.9. The Kier molecular flexibility index (Phi) is 6.63. The lowest BCUT2D eigenvalue weighted by Crippen LogP contribution is -2.14. The van der Waals surface area contributed by atoms with Crippen molar-refractivity contribution in [1.29, 1.82) is 0 Å². The third kappa shape index (κ3) is 4.60. The fourth-order valence-corrected chi connectivity index (χ4v) is 8.75. The largest absolute Gasteiger partial charge is 0.0622 e. The lowest BCUT2D eigenvalue weighted by atomic mass is 9.79. The molecule has 0 aromatic heterocycles. The van der Waals surface area contributed by atoms with Crippen molar-refractivity contribution in [3.63, 3.8) is 0 Å². The molecule has 0 heterocycles. The van der Waals surface area contributed by atoms with Gasteiger partial charge in [-0.1, -0.05) is 172 Å². The molecule has 0 atom stereocenters. The minimum Gasteiger partial charge on any atom is -0.0622 e. The Bertz CT molecular complexity index is 2800. The van der Waals surface area contributed by atoms with Gasteiger partial charge in [-0.3, -0.25) is 0 Å². The molecule has 0 aliphatic heterocycles. The Morgan fingerprint density at radius 2 is 0.843 bits per heavy atom. The average Bonchev–Trinajstić information content (AvgIpc) is 3.42. The molecule has 0 amide bonds. The minimum atomic E-state index is -0.0850. The molecular formula is C51H36. The third-order valence-electron chi connectivity index (χ3n) is 11.2. The summed E-state index contributed by atoms with van der Waals surface area (Å²) in [5, 5.41) is 7.56. The molecule has 9 aromatic rings. The zero-order valence-electron chi connectivity index (χ0n) is 28.8. The summed E-state index contributed by atoms with van der Waals surface area (Å²) in [5.41, 5.74) is 15.4. The summed E-state index contributed by atoms with van der Waals surface area (Å²) in [5.74, 6) is 0. The number of hydrogen-bond acceptors (Lipinski definition) is 0. The van der Waals surface area contributed by atoms with E-state index in [1.165, 1.54) is 99.1 Å². The SMILES string of the molecule is CC1(C)c2ccccc2-c2ccc(-c3c4ccccc4c(-c4cc5ccccc5cc4-c4ccccc4)c4ccc(-c5ccccc5)cc34)cc21. The number of hydrogen-bond donors (Lipinski definition) is 0. The molecule has 0 radical (unpaired) electrons. The summed E-state index contributed by atoms with van der Waals surface area (Å²) in [6.45, 7) is 4.75. The van der Waals surface area contributed by atoms with Gasteiger partial charge in [0.05, 0.1) is 0 Å². The van der Waals surface area contributed by atoms with Crippen LogP contribution < -0.4 is 0 Å². The molecule has 0 heteroatoms. The Hall–Kier alpha value is -6.24. The van der Waals surface area contributed by atoms with Crippen LogP contribution in [0.1, 0.15) is 25.0 Å². The fraction of sp³-hybridized carbons (Fsp3) is 0.0588. The zero-order valence-corrected chi connectivity index (χ0v) is 28.8. The molecule has 240 valence electrons. The second-order valence-electron chi connectivity index (χ2n) is 14.5. The zero-order chi connectivity index (χ0) is 34.1. The van der Waals surface area contributed by atoms with E-state index in [9.17, 15) is 0 Å². The predicted octanol–water partition coefficient (Wildman–Crippen LogP) is 14.1. The lowest BCUT2D eigenvalue weighted by Gasteiger charge is -2.23. The first kappa shape index (κ1) is 29.7. The van der Waals surface area contributed by atoms with E-state index in [4.69, 9.17) is 0 Å². The molecule has 0 unspecified atom stereocenters. The molecule has 51 heavy (non-hydrogen) atoms. The maximum atomic E-state index is 2.48. The summed E-state index contributed by atoms with van der Waals surface area (Å²) < 4.78 is 0. The summed E-state index contributed by atoms with van der Waals surface area (Å²) in [4.78, 5) is 0. The van der Waals surface area contributed by atoms with E-state index < -0.39 is 0 Å². The first-order chi connectivity index (χ1) is 25.1. The van der Waals surface area contributed by atoms with Gasteiger partial charge in [-0.25, -0.2) is 0 Å². The van der Waals surface area contributed by atoms with E-state index in [1.807, 2.05) is 0 Å². The minimum absolute atomic E-state index is 0.0850. The molecule has 0 saturated heterocycles. The normalized spacial score (nSPS) is 13.1. The molecular weight excluding hydrogens is 613 g/mol. The van der Waals surface area contributed by atoms with Crippen LogP contribution in [0, 0.1) is 0 Å². The highest BCUT2D eigenvalue weighted by Crippen LogP contribution is 2.52. The monoisotopic (exact) mass is 648 g/mol. The molecule has 0 spiro atoms. The number of rotatable bonds is 4. The van der Waals surface area contributed by atoms with Crippen LogP contribution in [0.3, 0.4) is 0 Å². The Morgan fingerprint density at radius 3 is 1.59 bits per heavy atom. The summed E-state index contributed by atoms with van der Waals surface area (Å²) in [6, 6.07) is 67.5. The van der Waals surface area contributed by atoms with Crippen molar-refractivity contribution in [2.45, 2.75) is 19.3 Å². The van der Waals surface area contributed by atoms with Gasteiger partial charge >= 0.3 is 0 Å². The standard InChI is InChI=1S/C51H36/c1-51(2)47-24-14-13-21-39(47)40-27-26-38(32-48(40)51)49-41-22-11-12-23-42(41)50(43-28-25-37(31-45(43)49)33-15-5-3-6-16-33)46-30-36-20-10-9-19-35(36)29-44(46)34-17-7-4-8-18-34/h3-32H,1-2H3. The van der Waals surface area contributed by atoms with E-state index in [0.29, 0.717) is 0 Å². The van der Waals surface area contributed by atoms with E-state index in [-0.39, 0.29) is 5.41 Å². The smallest absolute Gasteiger partial charge is 0.0159 e. The molecule has 9 aromatic carbocycles. The van der Waals surface area contributed by atoms with Crippen LogP contribution in [0.15, 0.2) is 182 Å². The van der Waals surface area contributed by atoms with E-state index >= 15 is 0 Å². The number of fused-ring (bicyclic) bond motifs is 6. The van der Waals surface area contributed by atoms with Crippen molar-refractivity contribution >= 4 is 32.3 Å². The second kappa shape index (κ2) is 11.4. The Morgan fingerprint density at radius 1 is 0.294 bits per heavy atom. The number of benzene rings is 9. The van der Waals surface area contributed by atoms with Gasteiger partial charge in [-0.2, -0.15) is 0 Å². The van der Waals surface area contributed by atoms with Crippen molar-refractivity contribution < 1.29 is 0 Å². The fourth-order valence-electron chi connectivity index (χ4n) is 8.75. The molecule has 0 bridgehead atoms. The van der Waals surface area contributed by atoms with Crippen LogP contribution in [0.5, 0.6) is 0 Å². The predicted molar refractivity (Wildman–Crippen MR) is 218 cm³/mol. The maximum absolute atomic E-state index is 2.48. The second-order valence-corrected chi connectivity index (χ2v) is 14.5. The molecule has 0 saturated carbocycles. The maximum Gasteiger partial charge on any atom is 0.0159 e. The lowest BCUT2D eigenvalue weighted by molar-refractivity contribution is 0.660. The van der Waals surface area contributed by atoms with Gasteiger partial charge in [-0.15, -0.1) is 0 Å². The summed E-state index contributed by atoms with van der Waals surface area (Å²) in [6.07, 6.45) is 0. The first-order valence-corrected chi connectivity index (χ1v) is 17.9. The van der Waals surface area contributed by atoms with Crippen molar-refractivity contribution in [3.8, 4) is 55.6 Å². The summed E-state index contributed by atoms with van der Waals surface area (Å²) >= 11 is 0. The van der Waals surface area contributed by atoms with Crippen LogP contribution >= 0.6 is 0 Å². The molecule has 0 N–H and O–H groups in total. The van der Waals surface area contributed by atoms with Gasteiger partial charge in [0.25, 0.3) is 0 Å². The quantitative estimate of drug-likeness (QED) is 0.167. The van der Waals surface area contributed by atoms with Gasteiger partial charge < -0.3 is 0 Å². The van der Waals surface area contributed by atoms with Crippen LogP contribution in [0.2, 0.25) is 0 Å². The van der Waals surface area contributed by atoms with Crippen molar-refractivity contribution in [2.75, 3.05) is 0 Å². The van der Waals surface area contributed by atoms with Gasteiger partial charge in [0, 0.05) is 5.41 Å². The molecule has 0 nitrogen and oxygen atoms in total. The van der Waals surface area contributed by atoms with Crippen molar-refractivity contribution in [1.82, 2.24) is 0 Å². The highest BCUT2D eigenvalue weighted by molar-refractivity contribution is 6.23. The van der Waals surface area contributed by atoms with Gasteiger partial charge in [0.2, 0.25) is 0 Å². The topological polar surface area (TPSA) is 0 Å². The van der Waals surface area contributed by atoms with E-state index in [1.54, 1.807) is 0 Å². The Balaban J connectivity index is 1.33. The molecule has 0 fully saturated rings. The van der Waals surface area contributed by atoms with E-state index in [2.05, 4.69) is 196 Å². The molecule has 1 aliphatic rings. The summed E-state index contributed by atoms with van der Waals surface area (Å²) in [7, 11) is 0.